The van der Waals surface area contributed by atoms with Gasteiger partial charge in [-0.15, -0.1) is 11.3 Å². The first kappa shape index (κ1) is 15.9. The van der Waals surface area contributed by atoms with Crippen molar-refractivity contribution in [1.29, 1.82) is 0 Å². The van der Waals surface area contributed by atoms with Crippen molar-refractivity contribution in [3.63, 3.8) is 0 Å². The van der Waals surface area contributed by atoms with Crippen molar-refractivity contribution in [1.82, 2.24) is 4.98 Å². The van der Waals surface area contributed by atoms with Gasteiger partial charge in [0.15, 0.2) is 11.7 Å². The minimum Gasteiger partial charge on any atom is -0.483 e. The summed E-state index contributed by atoms with van der Waals surface area (Å²) in [4.78, 5) is 27.3. The minimum atomic E-state index is -0.476. The van der Waals surface area contributed by atoms with Crippen molar-refractivity contribution in [2.75, 3.05) is 11.9 Å². The standard InChI is InChI=1S/C14H15N3O4S/c1-8-6-11(17(19)20)4-5-12(8)21-7-13(18)16-14-15-9(2)10(3)22-14/h4-6H,7H2,1-3H3,(H,15,16,18). The molecule has 1 N–H and O–H groups in total. The van der Waals surface area contributed by atoms with Gasteiger partial charge in [0, 0.05) is 17.0 Å². The van der Waals surface area contributed by atoms with E-state index >= 15 is 0 Å². The van der Waals surface area contributed by atoms with Crippen LogP contribution < -0.4 is 10.1 Å². The van der Waals surface area contributed by atoms with Crippen LogP contribution >= 0.6 is 11.3 Å². The quantitative estimate of drug-likeness (QED) is 0.675. The Labute approximate surface area is 131 Å². The molecule has 0 radical (unpaired) electrons. The SMILES string of the molecule is Cc1cc([N+](=O)[O-])ccc1OCC(=O)Nc1nc(C)c(C)s1. The van der Waals surface area contributed by atoms with Crippen molar-refractivity contribution in [2.45, 2.75) is 20.8 Å². The van der Waals surface area contributed by atoms with Gasteiger partial charge >= 0.3 is 0 Å². The molecule has 0 aliphatic rings. The zero-order chi connectivity index (χ0) is 16.3. The normalized spacial score (nSPS) is 10.3. The maximum absolute atomic E-state index is 11.8. The van der Waals surface area contributed by atoms with Gasteiger partial charge in [-0.3, -0.25) is 20.2 Å². The van der Waals surface area contributed by atoms with Crippen LogP contribution in [0.1, 0.15) is 16.1 Å². The van der Waals surface area contributed by atoms with Gasteiger partial charge in [-0.05, 0) is 32.4 Å². The molecule has 0 unspecified atom stereocenters. The Kier molecular flexibility index (Phi) is 4.71. The molecule has 0 aliphatic heterocycles. The van der Waals surface area contributed by atoms with Gasteiger partial charge in [-0.1, -0.05) is 0 Å². The molecule has 2 aromatic rings. The average Bonchev–Trinajstić information content (AvgIpc) is 2.75. The Morgan fingerprint density at radius 2 is 2.14 bits per heavy atom. The first-order valence-corrected chi connectivity index (χ1v) is 7.30. The van der Waals surface area contributed by atoms with E-state index < -0.39 is 4.92 Å². The Hall–Kier alpha value is -2.48. The third kappa shape index (κ3) is 3.79. The lowest BCUT2D eigenvalue weighted by molar-refractivity contribution is -0.384. The number of thiazole rings is 1. The highest BCUT2D eigenvalue weighted by atomic mass is 32.1. The predicted octanol–water partition coefficient (Wildman–Crippen LogP) is 2.99. The summed E-state index contributed by atoms with van der Waals surface area (Å²) in [7, 11) is 0. The molecule has 0 saturated heterocycles. The molecule has 1 amide bonds. The molecule has 0 fully saturated rings. The molecule has 0 atom stereocenters. The molecule has 1 aromatic heterocycles. The number of amides is 1. The topological polar surface area (TPSA) is 94.4 Å². The summed E-state index contributed by atoms with van der Waals surface area (Å²) in [5, 5.41) is 13.8. The molecule has 0 spiro atoms. The summed E-state index contributed by atoms with van der Waals surface area (Å²) in [5.74, 6) is 0.110. The number of carbonyl (C=O) groups is 1. The molecular weight excluding hydrogens is 306 g/mol. The van der Waals surface area contributed by atoms with Crippen molar-refractivity contribution in [3.05, 3.63) is 44.4 Å². The second-order valence-corrected chi connectivity index (χ2v) is 5.91. The minimum absolute atomic E-state index is 0.0111. The molecule has 1 aromatic carbocycles. The van der Waals surface area contributed by atoms with Crippen molar-refractivity contribution in [3.8, 4) is 5.75 Å². The van der Waals surface area contributed by atoms with Crippen LogP contribution in [0.15, 0.2) is 18.2 Å². The Morgan fingerprint density at radius 1 is 1.41 bits per heavy atom. The van der Waals surface area contributed by atoms with E-state index in [4.69, 9.17) is 4.74 Å². The Bertz CT molecular complexity index is 707. The largest absolute Gasteiger partial charge is 0.483 e. The van der Waals surface area contributed by atoms with E-state index in [2.05, 4.69) is 10.3 Å². The summed E-state index contributed by atoms with van der Waals surface area (Å²) in [6.45, 7) is 5.31. The molecule has 0 bridgehead atoms. The number of nitrogens with zero attached hydrogens (tertiary/aromatic N) is 2. The van der Waals surface area contributed by atoms with E-state index in [0.29, 0.717) is 16.4 Å². The fourth-order valence-electron chi connectivity index (χ4n) is 1.73. The van der Waals surface area contributed by atoms with Crippen molar-refractivity contribution in [2.24, 2.45) is 0 Å². The molecule has 116 valence electrons. The Morgan fingerprint density at radius 3 is 2.68 bits per heavy atom. The number of nitrogens with one attached hydrogen (secondary N) is 1. The maximum atomic E-state index is 11.8. The number of aromatic nitrogens is 1. The molecule has 22 heavy (non-hydrogen) atoms. The van der Waals surface area contributed by atoms with Crippen LogP contribution in [0.2, 0.25) is 0 Å². The van der Waals surface area contributed by atoms with E-state index in [9.17, 15) is 14.9 Å². The zero-order valence-electron chi connectivity index (χ0n) is 12.4. The number of nitro benzene ring substituents is 1. The van der Waals surface area contributed by atoms with Crippen LogP contribution in [0.5, 0.6) is 5.75 Å². The number of rotatable bonds is 5. The van der Waals surface area contributed by atoms with Gasteiger partial charge < -0.3 is 4.74 Å². The van der Waals surface area contributed by atoms with Crippen LogP contribution in [-0.4, -0.2) is 22.4 Å². The number of aryl methyl sites for hydroxylation is 3. The first-order chi connectivity index (χ1) is 10.4. The predicted molar refractivity (Wildman–Crippen MR) is 83.5 cm³/mol. The number of hydrogen-bond acceptors (Lipinski definition) is 6. The molecule has 1 heterocycles. The van der Waals surface area contributed by atoms with Gasteiger partial charge in [-0.25, -0.2) is 4.98 Å². The third-order valence-electron chi connectivity index (χ3n) is 3.00. The van der Waals surface area contributed by atoms with Crippen LogP contribution in [0.25, 0.3) is 0 Å². The smallest absolute Gasteiger partial charge is 0.269 e. The van der Waals surface area contributed by atoms with Gasteiger partial charge in [0.1, 0.15) is 5.75 Å². The zero-order valence-corrected chi connectivity index (χ0v) is 13.2. The number of carbonyl (C=O) groups excluding carboxylic acids is 1. The van der Waals surface area contributed by atoms with Gasteiger partial charge in [-0.2, -0.15) is 0 Å². The molecule has 7 nitrogen and oxygen atoms in total. The third-order valence-corrected chi connectivity index (χ3v) is 3.99. The molecule has 0 saturated carbocycles. The Balaban J connectivity index is 1.95. The summed E-state index contributed by atoms with van der Waals surface area (Å²) in [5.41, 5.74) is 1.47. The highest BCUT2D eigenvalue weighted by molar-refractivity contribution is 7.15. The fraction of sp³-hybridized carbons (Fsp3) is 0.286. The summed E-state index contributed by atoms with van der Waals surface area (Å²) >= 11 is 1.40. The second kappa shape index (κ2) is 6.52. The summed E-state index contributed by atoms with van der Waals surface area (Å²) < 4.78 is 5.38. The molecular formula is C14H15N3O4S. The van der Waals surface area contributed by atoms with Crippen LogP contribution in [0.4, 0.5) is 10.8 Å². The molecule has 0 aliphatic carbocycles. The van der Waals surface area contributed by atoms with E-state index in [1.54, 1.807) is 6.92 Å². The average molecular weight is 321 g/mol. The summed E-state index contributed by atoms with van der Waals surface area (Å²) in [6, 6.07) is 4.23. The van der Waals surface area contributed by atoms with Gasteiger partial charge in [0.25, 0.3) is 11.6 Å². The monoisotopic (exact) mass is 321 g/mol. The van der Waals surface area contributed by atoms with E-state index in [1.165, 1.54) is 29.5 Å². The lowest BCUT2D eigenvalue weighted by atomic mass is 10.2. The first-order valence-electron chi connectivity index (χ1n) is 6.48. The van der Waals surface area contributed by atoms with Crippen LogP contribution in [0.3, 0.4) is 0 Å². The van der Waals surface area contributed by atoms with E-state index in [1.807, 2.05) is 13.8 Å². The highest BCUT2D eigenvalue weighted by Gasteiger charge is 2.12. The van der Waals surface area contributed by atoms with Gasteiger partial charge in [0.2, 0.25) is 0 Å². The molecule has 2 rings (SSSR count). The fourth-order valence-corrected chi connectivity index (χ4v) is 2.56. The van der Waals surface area contributed by atoms with Crippen molar-refractivity contribution >= 4 is 28.1 Å². The number of ether oxygens (including phenoxy) is 1. The number of nitro groups is 1. The number of hydrogen-bond donors (Lipinski definition) is 1. The van der Waals surface area contributed by atoms with E-state index in [0.717, 1.165) is 10.6 Å². The van der Waals surface area contributed by atoms with Gasteiger partial charge in [0.05, 0.1) is 10.6 Å². The second-order valence-electron chi connectivity index (χ2n) is 4.70. The summed E-state index contributed by atoms with van der Waals surface area (Å²) in [6.07, 6.45) is 0. The molecule has 8 heteroatoms. The van der Waals surface area contributed by atoms with Crippen molar-refractivity contribution < 1.29 is 14.5 Å². The number of non-ortho nitro benzene ring substituents is 1. The van der Waals surface area contributed by atoms with Crippen LogP contribution in [0, 0.1) is 30.9 Å². The number of anilines is 1. The highest BCUT2D eigenvalue weighted by Crippen LogP contribution is 2.24. The van der Waals surface area contributed by atoms with E-state index in [-0.39, 0.29) is 18.2 Å². The lowest BCUT2D eigenvalue weighted by Crippen LogP contribution is -2.20. The maximum Gasteiger partial charge on any atom is 0.269 e. The number of benzene rings is 1. The van der Waals surface area contributed by atoms with Crippen LogP contribution in [-0.2, 0) is 4.79 Å². The lowest BCUT2D eigenvalue weighted by Gasteiger charge is -2.08.